The molecule has 3 aromatic rings. The number of nitrogens with zero attached hydrogens (tertiary/aromatic N) is 1. The average Bonchev–Trinajstić information content (AvgIpc) is 2.83. The van der Waals surface area contributed by atoms with Gasteiger partial charge in [0, 0.05) is 25.2 Å². The highest BCUT2D eigenvalue weighted by molar-refractivity contribution is 6.05. The van der Waals surface area contributed by atoms with Crippen LogP contribution in [0.5, 0.6) is 5.75 Å². The van der Waals surface area contributed by atoms with Gasteiger partial charge in [0.15, 0.2) is 0 Å². The molecule has 3 aromatic carbocycles. The number of benzene rings is 2. The van der Waals surface area contributed by atoms with Crippen LogP contribution in [0.4, 0.5) is 17.1 Å². The van der Waals surface area contributed by atoms with Gasteiger partial charge < -0.3 is 25.0 Å². The minimum absolute atomic E-state index is 0.242. The van der Waals surface area contributed by atoms with Crippen molar-refractivity contribution >= 4 is 23.0 Å². The summed E-state index contributed by atoms with van der Waals surface area (Å²) >= 11 is 0. The van der Waals surface area contributed by atoms with E-state index >= 15 is 0 Å². The molecule has 4 rings (SSSR count). The minimum atomic E-state index is -0.490. The van der Waals surface area contributed by atoms with Crippen molar-refractivity contribution in [3.8, 4) is 5.75 Å². The van der Waals surface area contributed by atoms with E-state index in [9.17, 15) is 14.4 Å². The van der Waals surface area contributed by atoms with E-state index in [1.807, 2.05) is 36.1 Å². The van der Waals surface area contributed by atoms with E-state index in [1.54, 1.807) is 24.3 Å². The number of carbonyl (C=O) groups excluding carboxylic acids is 1. The SMILES string of the molecule is CCOc1ccccc1NC(=O)c1ccc(CNc2c(N3CCOCC3)c(=O)c2=O)cc1. The summed E-state index contributed by atoms with van der Waals surface area (Å²) in [5, 5.41) is 5.95. The predicted molar refractivity (Wildman–Crippen MR) is 124 cm³/mol. The number of rotatable bonds is 8. The molecule has 32 heavy (non-hydrogen) atoms. The lowest BCUT2D eigenvalue weighted by Crippen LogP contribution is -2.46. The summed E-state index contributed by atoms with van der Waals surface area (Å²) in [7, 11) is 0. The van der Waals surface area contributed by atoms with Crippen molar-refractivity contribution < 1.29 is 14.3 Å². The summed E-state index contributed by atoms with van der Waals surface area (Å²) < 4.78 is 10.9. The van der Waals surface area contributed by atoms with Crippen LogP contribution in [0.25, 0.3) is 0 Å². The van der Waals surface area contributed by atoms with Crippen molar-refractivity contribution in [2.24, 2.45) is 0 Å². The Morgan fingerprint density at radius 3 is 2.47 bits per heavy atom. The standard InChI is InChI=1S/C24H25N3O5/c1-2-32-19-6-4-3-5-18(19)26-24(30)17-9-7-16(8-10-17)15-25-20-21(23(29)22(20)28)27-11-13-31-14-12-27/h3-10,25H,2,11-15H2,1H3,(H,26,30). The van der Waals surface area contributed by atoms with E-state index in [0.29, 0.717) is 67.8 Å². The van der Waals surface area contributed by atoms with Gasteiger partial charge in [-0.1, -0.05) is 24.3 Å². The Morgan fingerprint density at radius 1 is 1.03 bits per heavy atom. The van der Waals surface area contributed by atoms with Gasteiger partial charge in [0.1, 0.15) is 17.1 Å². The van der Waals surface area contributed by atoms with Gasteiger partial charge in [0.05, 0.1) is 25.5 Å². The fraction of sp³-hybridized carbons (Fsp3) is 0.292. The zero-order valence-electron chi connectivity index (χ0n) is 17.8. The van der Waals surface area contributed by atoms with Gasteiger partial charge in [-0.25, -0.2) is 0 Å². The van der Waals surface area contributed by atoms with Crippen LogP contribution in [0.15, 0.2) is 58.1 Å². The first kappa shape index (κ1) is 21.6. The molecule has 1 fully saturated rings. The fourth-order valence-corrected chi connectivity index (χ4v) is 3.64. The van der Waals surface area contributed by atoms with Crippen molar-refractivity contribution in [1.29, 1.82) is 0 Å². The number of anilines is 3. The van der Waals surface area contributed by atoms with E-state index in [-0.39, 0.29) is 5.91 Å². The number of para-hydroxylation sites is 2. The third-order valence-electron chi connectivity index (χ3n) is 5.33. The Bertz CT molecular complexity index is 1160. The zero-order valence-corrected chi connectivity index (χ0v) is 17.8. The summed E-state index contributed by atoms with van der Waals surface area (Å²) in [6.07, 6.45) is 0. The topological polar surface area (TPSA) is 97.0 Å². The van der Waals surface area contributed by atoms with Gasteiger partial charge in [0.25, 0.3) is 16.8 Å². The van der Waals surface area contributed by atoms with Crippen molar-refractivity contribution in [2.45, 2.75) is 13.5 Å². The minimum Gasteiger partial charge on any atom is -0.492 e. The maximum Gasteiger partial charge on any atom is 0.255 e. The zero-order chi connectivity index (χ0) is 22.5. The highest BCUT2D eigenvalue weighted by Gasteiger charge is 2.26. The second kappa shape index (κ2) is 9.65. The summed E-state index contributed by atoms with van der Waals surface area (Å²) in [5.74, 6) is 0.377. The molecule has 1 heterocycles. The Hall–Kier alpha value is -3.65. The molecule has 0 bridgehead atoms. The summed E-state index contributed by atoms with van der Waals surface area (Å²) in [5.41, 5.74) is 1.86. The number of hydrogen-bond acceptors (Lipinski definition) is 7. The number of amides is 1. The summed E-state index contributed by atoms with van der Waals surface area (Å²) in [6, 6.07) is 14.4. The number of ether oxygens (including phenoxy) is 2. The first-order valence-corrected chi connectivity index (χ1v) is 10.6. The van der Waals surface area contributed by atoms with Gasteiger partial charge in [-0.15, -0.1) is 0 Å². The monoisotopic (exact) mass is 435 g/mol. The second-order valence-corrected chi connectivity index (χ2v) is 7.42. The molecule has 0 spiro atoms. The second-order valence-electron chi connectivity index (χ2n) is 7.42. The lowest BCUT2D eigenvalue weighted by atomic mass is 10.1. The highest BCUT2D eigenvalue weighted by Crippen LogP contribution is 2.25. The Kier molecular flexibility index (Phi) is 6.51. The normalized spacial score (nSPS) is 13.7. The fourth-order valence-electron chi connectivity index (χ4n) is 3.64. The van der Waals surface area contributed by atoms with Gasteiger partial charge >= 0.3 is 0 Å². The van der Waals surface area contributed by atoms with Crippen LogP contribution in [0.3, 0.4) is 0 Å². The molecule has 1 aliphatic heterocycles. The lowest BCUT2D eigenvalue weighted by molar-refractivity contribution is 0.102. The maximum absolute atomic E-state index is 12.6. The van der Waals surface area contributed by atoms with E-state index < -0.39 is 10.9 Å². The number of carbonyl (C=O) groups is 1. The molecule has 0 unspecified atom stereocenters. The third-order valence-corrected chi connectivity index (χ3v) is 5.33. The van der Waals surface area contributed by atoms with Crippen LogP contribution in [-0.4, -0.2) is 38.8 Å². The lowest BCUT2D eigenvalue weighted by Gasteiger charge is -2.30. The first-order valence-electron chi connectivity index (χ1n) is 10.6. The van der Waals surface area contributed by atoms with Crippen LogP contribution < -0.4 is 31.1 Å². The molecule has 0 saturated carbocycles. The third kappa shape index (κ3) is 4.50. The van der Waals surface area contributed by atoms with E-state index in [1.165, 1.54) is 0 Å². The van der Waals surface area contributed by atoms with E-state index in [4.69, 9.17) is 9.47 Å². The molecule has 0 radical (unpaired) electrons. The van der Waals surface area contributed by atoms with Gasteiger partial charge in [-0.3, -0.25) is 14.4 Å². The molecule has 8 nitrogen and oxygen atoms in total. The van der Waals surface area contributed by atoms with Crippen LogP contribution in [0.2, 0.25) is 0 Å². The smallest absolute Gasteiger partial charge is 0.255 e. The molecular weight excluding hydrogens is 410 g/mol. The van der Waals surface area contributed by atoms with Crippen molar-refractivity contribution in [1.82, 2.24) is 0 Å². The molecule has 166 valence electrons. The molecule has 0 atom stereocenters. The van der Waals surface area contributed by atoms with Crippen LogP contribution in [0, 0.1) is 0 Å². The molecule has 1 amide bonds. The van der Waals surface area contributed by atoms with E-state index in [2.05, 4.69) is 10.6 Å². The Labute approximate surface area is 185 Å². The molecule has 0 aromatic heterocycles. The van der Waals surface area contributed by atoms with Gasteiger partial charge in [-0.05, 0) is 36.8 Å². The molecule has 8 heteroatoms. The highest BCUT2D eigenvalue weighted by atomic mass is 16.5. The van der Waals surface area contributed by atoms with Gasteiger partial charge in [0.2, 0.25) is 0 Å². The average molecular weight is 435 g/mol. The van der Waals surface area contributed by atoms with Crippen molar-refractivity contribution in [3.63, 3.8) is 0 Å². The quantitative estimate of drug-likeness (QED) is 0.525. The Balaban J connectivity index is 1.39. The number of morpholine rings is 1. The molecule has 0 aliphatic carbocycles. The molecule has 1 aliphatic rings. The molecular formula is C24H25N3O5. The number of hydrogen-bond donors (Lipinski definition) is 2. The van der Waals surface area contributed by atoms with Crippen LogP contribution in [-0.2, 0) is 11.3 Å². The summed E-state index contributed by atoms with van der Waals surface area (Å²) in [6.45, 7) is 5.03. The van der Waals surface area contributed by atoms with Crippen LogP contribution in [0.1, 0.15) is 22.8 Å². The van der Waals surface area contributed by atoms with Gasteiger partial charge in [-0.2, -0.15) is 0 Å². The maximum atomic E-state index is 12.6. The van der Waals surface area contributed by atoms with E-state index in [0.717, 1.165) is 5.56 Å². The summed E-state index contributed by atoms with van der Waals surface area (Å²) in [4.78, 5) is 38.6. The first-order chi connectivity index (χ1) is 15.6. The van der Waals surface area contributed by atoms with Crippen molar-refractivity contribution in [2.75, 3.05) is 48.4 Å². The Morgan fingerprint density at radius 2 is 1.75 bits per heavy atom. The van der Waals surface area contributed by atoms with Crippen LogP contribution >= 0.6 is 0 Å². The largest absolute Gasteiger partial charge is 0.492 e. The van der Waals surface area contributed by atoms with Crippen molar-refractivity contribution in [3.05, 3.63) is 80.1 Å². The molecule has 2 N–H and O–H groups in total. The molecule has 1 saturated heterocycles. The predicted octanol–water partition coefficient (Wildman–Crippen LogP) is 2.38. The number of nitrogens with one attached hydrogen (secondary N) is 2.